The van der Waals surface area contributed by atoms with Crippen LogP contribution in [0.2, 0.25) is 0 Å². The van der Waals surface area contributed by atoms with Gasteiger partial charge in [0.2, 0.25) is 0 Å². The van der Waals surface area contributed by atoms with Crippen molar-refractivity contribution in [3.63, 3.8) is 0 Å². The van der Waals surface area contributed by atoms with E-state index in [2.05, 4.69) is 9.47 Å². The number of rotatable bonds is 8. The zero-order valence-corrected chi connectivity index (χ0v) is 14.4. The first-order chi connectivity index (χ1) is 12.7. The molecule has 0 fully saturated rings. The van der Waals surface area contributed by atoms with Gasteiger partial charge in [0.05, 0.1) is 13.2 Å². The maximum Gasteiger partial charge on any atom is 0.408 e. The number of carbonyl (C=O) groups is 2. The van der Waals surface area contributed by atoms with Gasteiger partial charge in [-0.1, -0.05) is 24.3 Å². The fourth-order valence-corrected chi connectivity index (χ4v) is 2.07. The molecule has 158 valence electrons. The molecule has 1 aromatic rings. The normalized spacial score (nSPS) is 13.2. The highest BCUT2D eigenvalue weighted by Crippen LogP contribution is 2.51. The highest BCUT2D eigenvalue weighted by atomic mass is 19.3. The Morgan fingerprint density at radius 3 is 1.25 bits per heavy atom. The molecule has 0 saturated carbocycles. The molecule has 28 heavy (non-hydrogen) atoms. The van der Waals surface area contributed by atoms with Crippen molar-refractivity contribution < 1.29 is 54.2 Å². The van der Waals surface area contributed by atoms with Crippen LogP contribution in [0, 0.1) is 0 Å². The Morgan fingerprint density at radius 1 is 0.714 bits per heavy atom. The standard InChI is InChI=1S/C16H14F8O4/c1-3-27-11(25)15(21,22)13(17,18)9-7-5-6-8-10(9)14(19,20)16(23,24)12(26)28-4-2/h5-8H,3-4H2,1-2H3. The van der Waals surface area contributed by atoms with Crippen LogP contribution < -0.4 is 0 Å². The minimum Gasteiger partial charge on any atom is -0.461 e. The SMILES string of the molecule is CCOC(=O)C(F)(F)C(F)(F)c1ccccc1C(F)(F)C(F)(F)C(=O)OCC. The van der Waals surface area contributed by atoms with Crippen molar-refractivity contribution in [1.82, 2.24) is 0 Å². The minimum atomic E-state index is -5.66. The van der Waals surface area contributed by atoms with Crippen molar-refractivity contribution in [1.29, 1.82) is 0 Å². The van der Waals surface area contributed by atoms with E-state index in [4.69, 9.17) is 0 Å². The Hall–Kier alpha value is -2.40. The third kappa shape index (κ3) is 3.76. The van der Waals surface area contributed by atoms with Gasteiger partial charge >= 0.3 is 35.6 Å². The molecule has 0 atom stereocenters. The second-order valence-electron chi connectivity index (χ2n) is 5.28. The maximum atomic E-state index is 14.3. The van der Waals surface area contributed by atoms with E-state index in [1.165, 1.54) is 0 Å². The van der Waals surface area contributed by atoms with Gasteiger partial charge in [-0.25, -0.2) is 9.59 Å². The molecule has 12 heteroatoms. The van der Waals surface area contributed by atoms with Gasteiger partial charge in [-0.15, -0.1) is 0 Å². The van der Waals surface area contributed by atoms with Crippen molar-refractivity contribution >= 4 is 11.9 Å². The molecule has 0 heterocycles. The lowest BCUT2D eigenvalue weighted by Crippen LogP contribution is -2.50. The van der Waals surface area contributed by atoms with Gasteiger partial charge < -0.3 is 9.47 Å². The van der Waals surface area contributed by atoms with Crippen LogP contribution in [0.4, 0.5) is 35.1 Å². The Bertz CT molecular complexity index is 672. The lowest BCUT2D eigenvalue weighted by atomic mass is 9.90. The molecule has 0 spiro atoms. The van der Waals surface area contributed by atoms with Gasteiger partial charge in [0.15, 0.2) is 0 Å². The van der Waals surface area contributed by atoms with Crippen LogP contribution in [0.25, 0.3) is 0 Å². The molecular formula is C16H14F8O4. The smallest absolute Gasteiger partial charge is 0.408 e. The van der Waals surface area contributed by atoms with Crippen LogP contribution in [-0.4, -0.2) is 37.0 Å². The summed E-state index contributed by atoms with van der Waals surface area (Å²) in [4.78, 5) is 22.3. The quantitative estimate of drug-likeness (QED) is 0.464. The van der Waals surface area contributed by atoms with E-state index in [-0.39, 0.29) is 12.1 Å². The fraction of sp³-hybridized carbons (Fsp3) is 0.500. The molecule has 0 radical (unpaired) electrons. The fourth-order valence-electron chi connectivity index (χ4n) is 2.07. The molecule has 0 aliphatic carbocycles. The van der Waals surface area contributed by atoms with Crippen molar-refractivity contribution in [2.75, 3.05) is 13.2 Å². The van der Waals surface area contributed by atoms with Gasteiger partial charge in [-0.3, -0.25) is 0 Å². The maximum absolute atomic E-state index is 14.3. The second-order valence-corrected chi connectivity index (χ2v) is 5.28. The zero-order chi connectivity index (χ0) is 22.0. The zero-order valence-electron chi connectivity index (χ0n) is 14.4. The minimum absolute atomic E-state index is 0.0115. The van der Waals surface area contributed by atoms with E-state index >= 15 is 0 Å². The Morgan fingerprint density at radius 2 is 1.00 bits per heavy atom. The third-order valence-corrected chi connectivity index (χ3v) is 3.46. The van der Waals surface area contributed by atoms with E-state index in [1.54, 1.807) is 0 Å². The van der Waals surface area contributed by atoms with Crippen LogP contribution in [-0.2, 0) is 30.9 Å². The van der Waals surface area contributed by atoms with E-state index < -0.39 is 60.0 Å². The lowest BCUT2D eigenvalue weighted by Gasteiger charge is -2.31. The summed E-state index contributed by atoms with van der Waals surface area (Å²) >= 11 is 0. The topological polar surface area (TPSA) is 52.6 Å². The molecule has 0 aromatic heterocycles. The highest BCUT2D eigenvalue weighted by molar-refractivity contribution is 5.80. The lowest BCUT2D eigenvalue weighted by molar-refractivity contribution is -0.242. The van der Waals surface area contributed by atoms with Crippen LogP contribution in [0.3, 0.4) is 0 Å². The Kier molecular flexibility index (Phi) is 6.68. The molecule has 0 unspecified atom stereocenters. The Labute approximate surface area is 153 Å². The number of ether oxygens (including phenoxy) is 2. The summed E-state index contributed by atoms with van der Waals surface area (Å²) in [5.41, 5.74) is -4.55. The summed E-state index contributed by atoms with van der Waals surface area (Å²) in [6.45, 7) is 0.578. The molecular weight excluding hydrogens is 408 g/mol. The first-order valence-corrected chi connectivity index (χ1v) is 7.65. The molecule has 1 rings (SSSR count). The van der Waals surface area contributed by atoms with Crippen LogP contribution >= 0.6 is 0 Å². The number of alkyl halides is 8. The third-order valence-electron chi connectivity index (χ3n) is 3.46. The number of hydrogen-bond donors (Lipinski definition) is 0. The Balaban J connectivity index is 3.60. The van der Waals surface area contributed by atoms with Gasteiger partial charge in [0, 0.05) is 11.1 Å². The van der Waals surface area contributed by atoms with Crippen molar-refractivity contribution in [3.05, 3.63) is 35.4 Å². The second kappa shape index (κ2) is 7.92. The van der Waals surface area contributed by atoms with Gasteiger partial charge in [-0.2, -0.15) is 35.1 Å². The van der Waals surface area contributed by atoms with Gasteiger partial charge in [-0.05, 0) is 13.8 Å². The van der Waals surface area contributed by atoms with E-state index in [0.29, 0.717) is 12.1 Å². The van der Waals surface area contributed by atoms with Crippen molar-refractivity contribution in [2.24, 2.45) is 0 Å². The summed E-state index contributed by atoms with van der Waals surface area (Å²) in [7, 11) is 0. The molecule has 4 nitrogen and oxygen atoms in total. The average Bonchev–Trinajstić information content (AvgIpc) is 2.61. The van der Waals surface area contributed by atoms with Gasteiger partial charge in [0.25, 0.3) is 0 Å². The van der Waals surface area contributed by atoms with Crippen LogP contribution in [0.15, 0.2) is 24.3 Å². The molecule has 0 bridgehead atoms. The van der Waals surface area contributed by atoms with Crippen LogP contribution in [0.5, 0.6) is 0 Å². The monoisotopic (exact) mass is 422 g/mol. The van der Waals surface area contributed by atoms with Crippen LogP contribution in [0.1, 0.15) is 25.0 Å². The molecule has 0 aliphatic rings. The molecule has 0 aliphatic heterocycles. The summed E-state index contributed by atoms with van der Waals surface area (Å²) in [6.07, 6.45) is 0. The van der Waals surface area contributed by atoms with E-state index in [9.17, 15) is 44.7 Å². The highest BCUT2D eigenvalue weighted by Gasteiger charge is 2.70. The largest absolute Gasteiger partial charge is 0.461 e. The first kappa shape index (κ1) is 23.6. The number of carbonyl (C=O) groups excluding carboxylic acids is 2. The summed E-state index contributed by atoms with van der Waals surface area (Å²) < 4.78 is 120. The van der Waals surface area contributed by atoms with Gasteiger partial charge in [0.1, 0.15) is 0 Å². The van der Waals surface area contributed by atoms with E-state index in [0.717, 1.165) is 13.8 Å². The van der Waals surface area contributed by atoms with Crippen molar-refractivity contribution in [2.45, 2.75) is 37.5 Å². The van der Waals surface area contributed by atoms with E-state index in [1.807, 2.05) is 0 Å². The number of halogens is 8. The average molecular weight is 422 g/mol. The predicted molar refractivity (Wildman–Crippen MR) is 77.4 cm³/mol. The summed E-state index contributed by atoms with van der Waals surface area (Å²) in [6, 6.07) is 1.20. The summed E-state index contributed by atoms with van der Waals surface area (Å²) in [5.74, 6) is -28.1. The molecule has 1 aromatic carbocycles. The molecule has 0 N–H and O–H groups in total. The van der Waals surface area contributed by atoms with Crippen molar-refractivity contribution in [3.8, 4) is 0 Å². The summed E-state index contributed by atoms with van der Waals surface area (Å²) in [5, 5.41) is 0. The molecule has 0 saturated heterocycles. The number of hydrogen-bond acceptors (Lipinski definition) is 4. The number of esters is 2. The number of benzene rings is 1. The molecule has 0 amide bonds. The first-order valence-electron chi connectivity index (χ1n) is 7.65. The predicted octanol–water partition coefficient (Wildman–Crippen LogP) is 4.27.